The number of methoxy groups -OCH3 is 1. The van der Waals surface area contributed by atoms with Gasteiger partial charge in [0, 0.05) is 12.8 Å². The first-order valence-corrected chi connectivity index (χ1v) is 6.85. The lowest BCUT2D eigenvalue weighted by molar-refractivity contribution is -0.145. The first-order chi connectivity index (χ1) is 9.42. The average molecular weight is 277 g/mol. The highest BCUT2D eigenvalue weighted by atomic mass is 16.5. The van der Waals surface area contributed by atoms with Crippen LogP contribution in [0.5, 0.6) is 0 Å². The van der Waals surface area contributed by atoms with Gasteiger partial charge in [0.2, 0.25) is 5.91 Å². The van der Waals surface area contributed by atoms with Crippen LogP contribution in [0.2, 0.25) is 0 Å². The molecule has 1 rings (SSSR count). The van der Waals surface area contributed by atoms with Gasteiger partial charge >= 0.3 is 5.97 Å². The highest BCUT2D eigenvalue weighted by Crippen LogP contribution is 2.08. The van der Waals surface area contributed by atoms with Gasteiger partial charge in [-0.1, -0.05) is 43.7 Å². The maximum Gasteiger partial charge on any atom is 0.328 e. The zero-order valence-electron chi connectivity index (χ0n) is 12.6. The molecule has 0 aromatic heterocycles. The van der Waals surface area contributed by atoms with E-state index < -0.39 is 12.0 Å². The van der Waals surface area contributed by atoms with Gasteiger partial charge < -0.3 is 10.1 Å². The second-order valence-corrected chi connectivity index (χ2v) is 5.43. The van der Waals surface area contributed by atoms with Gasteiger partial charge in [0.25, 0.3) is 0 Å². The van der Waals surface area contributed by atoms with E-state index in [0.29, 0.717) is 12.8 Å². The summed E-state index contributed by atoms with van der Waals surface area (Å²) >= 11 is 0. The quantitative estimate of drug-likeness (QED) is 0.811. The maximum absolute atomic E-state index is 11.8. The molecule has 0 radical (unpaired) electrons. The smallest absolute Gasteiger partial charge is 0.328 e. The minimum atomic E-state index is -0.631. The molecule has 0 aliphatic heterocycles. The molecule has 0 saturated carbocycles. The van der Waals surface area contributed by atoms with Crippen LogP contribution in [-0.2, 0) is 20.7 Å². The fourth-order valence-electron chi connectivity index (χ4n) is 1.92. The topological polar surface area (TPSA) is 55.4 Å². The summed E-state index contributed by atoms with van der Waals surface area (Å²) in [6.45, 7) is 5.94. The number of hydrogen-bond donors (Lipinski definition) is 1. The predicted molar refractivity (Wildman–Crippen MR) is 78.3 cm³/mol. The largest absolute Gasteiger partial charge is 0.467 e. The van der Waals surface area contributed by atoms with Crippen LogP contribution in [0.1, 0.15) is 31.4 Å². The lowest BCUT2D eigenvalue weighted by Crippen LogP contribution is -2.43. The lowest BCUT2D eigenvalue weighted by Gasteiger charge is -2.17. The Bertz CT molecular complexity index is 451. The van der Waals surface area contributed by atoms with Gasteiger partial charge in [0.1, 0.15) is 6.04 Å². The van der Waals surface area contributed by atoms with Crippen LogP contribution in [0.25, 0.3) is 0 Å². The van der Waals surface area contributed by atoms with E-state index in [-0.39, 0.29) is 11.8 Å². The molecule has 0 saturated heterocycles. The summed E-state index contributed by atoms with van der Waals surface area (Å²) < 4.78 is 4.76. The molecule has 1 aromatic rings. The van der Waals surface area contributed by atoms with Gasteiger partial charge in [-0.3, -0.25) is 4.79 Å². The lowest BCUT2D eigenvalue weighted by atomic mass is 10.0. The molecule has 0 aliphatic rings. The Labute approximate surface area is 120 Å². The van der Waals surface area contributed by atoms with Crippen molar-refractivity contribution >= 4 is 11.9 Å². The normalized spacial score (nSPS) is 12.1. The van der Waals surface area contributed by atoms with Crippen molar-refractivity contribution in [1.82, 2.24) is 5.32 Å². The van der Waals surface area contributed by atoms with Gasteiger partial charge in [-0.25, -0.2) is 4.79 Å². The number of carbonyl (C=O) groups is 2. The Hall–Kier alpha value is -1.84. The number of aryl methyl sites for hydroxylation is 1. The molecule has 0 fully saturated rings. The summed E-state index contributed by atoms with van der Waals surface area (Å²) in [6.07, 6.45) is 0.845. The highest BCUT2D eigenvalue weighted by molar-refractivity contribution is 5.84. The molecule has 110 valence electrons. The average Bonchev–Trinajstić information content (AvgIpc) is 2.38. The van der Waals surface area contributed by atoms with Crippen molar-refractivity contribution in [2.75, 3.05) is 7.11 Å². The maximum atomic E-state index is 11.8. The van der Waals surface area contributed by atoms with E-state index >= 15 is 0 Å². The van der Waals surface area contributed by atoms with Crippen LogP contribution in [0.4, 0.5) is 0 Å². The molecule has 0 heterocycles. The van der Waals surface area contributed by atoms with E-state index in [0.717, 1.165) is 11.1 Å². The second kappa shape index (κ2) is 7.68. The third-order valence-corrected chi connectivity index (χ3v) is 2.97. The van der Waals surface area contributed by atoms with Gasteiger partial charge in [0.05, 0.1) is 7.11 Å². The minimum Gasteiger partial charge on any atom is -0.467 e. The van der Waals surface area contributed by atoms with E-state index in [1.54, 1.807) is 0 Å². The van der Waals surface area contributed by atoms with Crippen molar-refractivity contribution in [3.05, 3.63) is 35.4 Å². The van der Waals surface area contributed by atoms with Crippen LogP contribution >= 0.6 is 0 Å². The molecule has 1 atom stereocenters. The van der Waals surface area contributed by atoms with Gasteiger partial charge in [-0.2, -0.15) is 0 Å². The highest BCUT2D eigenvalue weighted by Gasteiger charge is 2.22. The minimum absolute atomic E-state index is 0.123. The molecule has 4 heteroatoms. The van der Waals surface area contributed by atoms with Crippen LogP contribution in [0.3, 0.4) is 0 Å². The molecule has 0 unspecified atom stereocenters. The second-order valence-electron chi connectivity index (χ2n) is 5.43. The summed E-state index contributed by atoms with van der Waals surface area (Å²) in [6, 6.07) is 7.26. The zero-order chi connectivity index (χ0) is 15.1. The van der Waals surface area contributed by atoms with Crippen molar-refractivity contribution in [2.45, 2.75) is 39.7 Å². The Kier molecular flexibility index (Phi) is 6.22. The van der Waals surface area contributed by atoms with Crippen LogP contribution in [0.15, 0.2) is 24.3 Å². The summed E-state index contributed by atoms with van der Waals surface area (Å²) in [5.41, 5.74) is 2.16. The van der Waals surface area contributed by atoms with Crippen LogP contribution in [-0.4, -0.2) is 25.0 Å². The molecule has 20 heavy (non-hydrogen) atoms. The van der Waals surface area contributed by atoms with E-state index in [9.17, 15) is 9.59 Å². The van der Waals surface area contributed by atoms with Gasteiger partial charge in [0.15, 0.2) is 0 Å². The first kappa shape index (κ1) is 16.2. The molecule has 1 amide bonds. The molecular weight excluding hydrogens is 254 g/mol. The van der Waals surface area contributed by atoms with E-state index in [2.05, 4.69) is 5.32 Å². The summed E-state index contributed by atoms with van der Waals surface area (Å²) in [5, 5.41) is 2.75. The zero-order valence-corrected chi connectivity index (χ0v) is 12.6. The number of esters is 1. The number of ether oxygens (including phenoxy) is 1. The van der Waals surface area contributed by atoms with Crippen molar-refractivity contribution in [1.29, 1.82) is 0 Å². The number of nitrogens with one attached hydrogen (secondary N) is 1. The van der Waals surface area contributed by atoms with Crippen LogP contribution in [0, 0.1) is 12.8 Å². The van der Waals surface area contributed by atoms with Crippen molar-refractivity contribution in [3.8, 4) is 0 Å². The number of carbonyl (C=O) groups excluding carboxylic acids is 2. The molecular formula is C16H23NO3. The Morgan fingerprint density at radius 3 is 2.30 bits per heavy atom. The Morgan fingerprint density at radius 1 is 1.20 bits per heavy atom. The van der Waals surface area contributed by atoms with E-state index in [1.165, 1.54) is 7.11 Å². The SMILES string of the molecule is COC(=O)[C@H](Cc1ccc(C)cc1)NC(=O)CC(C)C. The monoisotopic (exact) mass is 277 g/mol. The standard InChI is InChI=1S/C16H23NO3/c1-11(2)9-15(18)17-14(16(19)20-4)10-13-7-5-12(3)6-8-13/h5-8,11,14H,9-10H2,1-4H3,(H,17,18)/t14-/m0/s1. The molecule has 4 nitrogen and oxygen atoms in total. The third-order valence-electron chi connectivity index (χ3n) is 2.97. The fraction of sp³-hybridized carbons (Fsp3) is 0.500. The third kappa shape index (κ3) is 5.43. The number of hydrogen-bond acceptors (Lipinski definition) is 3. The van der Waals surface area contributed by atoms with Gasteiger partial charge in [-0.15, -0.1) is 0 Å². The molecule has 1 aromatic carbocycles. The van der Waals surface area contributed by atoms with Crippen molar-refractivity contribution < 1.29 is 14.3 Å². The summed E-state index contributed by atoms with van der Waals surface area (Å²) in [7, 11) is 1.33. The van der Waals surface area contributed by atoms with Crippen molar-refractivity contribution in [3.63, 3.8) is 0 Å². The van der Waals surface area contributed by atoms with Gasteiger partial charge in [-0.05, 0) is 18.4 Å². The summed E-state index contributed by atoms with van der Waals surface area (Å²) in [4.78, 5) is 23.6. The number of amides is 1. The van der Waals surface area contributed by atoms with Crippen LogP contribution < -0.4 is 5.32 Å². The predicted octanol–water partition coefficient (Wildman–Crippen LogP) is 2.24. The number of benzene rings is 1. The van der Waals surface area contributed by atoms with E-state index in [1.807, 2.05) is 45.0 Å². The van der Waals surface area contributed by atoms with Crippen molar-refractivity contribution in [2.24, 2.45) is 5.92 Å². The summed E-state index contributed by atoms with van der Waals surface area (Å²) in [5.74, 6) is -0.280. The van der Waals surface area contributed by atoms with E-state index in [4.69, 9.17) is 4.74 Å². The molecule has 0 bridgehead atoms. The Morgan fingerprint density at radius 2 is 1.80 bits per heavy atom. The molecule has 0 spiro atoms. The number of rotatable bonds is 6. The molecule has 0 aliphatic carbocycles. The first-order valence-electron chi connectivity index (χ1n) is 6.85. The molecule has 1 N–H and O–H groups in total. The fourth-order valence-corrected chi connectivity index (χ4v) is 1.92. The Balaban J connectivity index is 2.72.